The maximum absolute atomic E-state index is 13.7. The molecular weight excluding hydrogens is 381 g/mol. The third-order valence-corrected chi connectivity index (χ3v) is 4.71. The van der Waals surface area contributed by atoms with Crippen LogP contribution >= 0.6 is 0 Å². The third-order valence-electron chi connectivity index (χ3n) is 4.71. The van der Waals surface area contributed by atoms with Crippen molar-refractivity contribution in [2.24, 2.45) is 0 Å². The molecule has 1 aromatic carbocycles. The van der Waals surface area contributed by atoms with E-state index in [2.05, 4.69) is 15.3 Å². The second kappa shape index (κ2) is 8.06. The van der Waals surface area contributed by atoms with Crippen LogP contribution in [0.4, 0.5) is 18.9 Å². The van der Waals surface area contributed by atoms with Gasteiger partial charge in [-0.2, -0.15) is 13.2 Å². The Labute approximate surface area is 166 Å². The first-order valence-corrected chi connectivity index (χ1v) is 9.12. The number of aryl methyl sites for hydroxylation is 1. The highest BCUT2D eigenvalue weighted by Crippen LogP contribution is 2.38. The van der Waals surface area contributed by atoms with Gasteiger partial charge in [-0.05, 0) is 49.7 Å². The van der Waals surface area contributed by atoms with Gasteiger partial charge in [-0.15, -0.1) is 0 Å². The zero-order valence-corrected chi connectivity index (χ0v) is 16.3. The van der Waals surface area contributed by atoms with Gasteiger partial charge in [-0.1, -0.05) is 6.07 Å². The second-order valence-electron chi connectivity index (χ2n) is 6.73. The van der Waals surface area contributed by atoms with E-state index in [1.807, 2.05) is 6.92 Å². The van der Waals surface area contributed by atoms with Gasteiger partial charge in [0.05, 0.1) is 23.3 Å². The van der Waals surface area contributed by atoms with Gasteiger partial charge in [0, 0.05) is 30.9 Å². The maximum Gasteiger partial charge on any atom is 0.418 e. The first-order valence-electron chi connectivity index (χ1n) is 9.12. The molecule has 3 aromatic rings. The van der Waals surface area contributed by atoms with Crippen molar-refractivity contribution in [3.8, 4) is 0 Å². The van der Waals surface area contributed by atoms with Crippen molar-refractivity contribution in [1.29, 1.82) is 0 Å². The van der Waals surface area contributed by atoms with Gasteiger partial charge in [-0.25, -0.2) is 4.98 Å². The van der Waals surface area contributed by atoms with Gasteiger partial charge in [0.2, 0.25) is 0 Å². The summed E-state index contributed by atoms with van der Waals surface area (Å²) in [7, 11) is 1.73. The van der Waals surface area contributed by atoms with Crippen LogP contribution in [0.3, 0.4) is 0 Å². The molecule has 5 nitrogen and oxygen atoms in total. The van der Waals surface area contributed by atoms with Crippen LogP contribution in [0, 0.1) is 6.92 Å². The minimum atomic E-state index is -4.59. The molecule has 0 saturated carbocycles. The second-order valence-corrected chi connectivity index (χ2v) is 6.73. The summed E-state index contributed by atoms with van der Waals surface area (Å²) in [6.45, 7) is 4.25. The van der Waals surface area contributed by atoms with Crippen molar-refractivity contribution in [2.45, 2.75) is 26.6 Å². The average molecular weight is 402 g/mol. The molecule has 2 heterocycles. The van der Waals surface area contributed by atoms with Crippen LogP contribution < -0.4 is 10.2 Å². The number of anilines is 1. The number of carbonyl (C=O) groups is 1. The molecule has 152 valence electrons. The Bertz CT molecular complexity index is 1040. The molecule has 29 heavy (non-hydrogen) atoms. The number of nitrogens with zero attached hydrogens (tertiary/aromatic N) is 3. The molecule has 0 bridgehead atoms. The molecule has 0 unspecified atom stereocenters. The fourth-order valence-electron chi connectivity index (χ4n) is 2.98. The lowest BCUT2D eigenvalue weighted by molar-refractivity contribution is -0.136. The Morgan fingerprint density at radius 2 is 1.97 bits per heavy atom. The number of carbonyl (C=O) groups excluding carboxylic acids is 1. The highest BCUT2D eigenvalue weighted by Gasteiger charge is 2.34. The molecule has 3 rings (SSSR count). The first kappa shape index (κ1) is 20.6. The number of hydrogen-bond acceptors (Lipinski definition) is 4. The van der Waals surface area contributed by atoms with Crippen LogP contribution in [0.25, 0.3) is 10.9 Å². The number of aromatic nitrogens is 2. The largest absolute Gasteiger partial charge is 0.418 e. The molecule has 8 heteroatoms. The standard InChI is InChI=1S/C21H21F3N4O/c1-4-28(3)15-10-16-13(2)9-18(27-19(16)17(11-15)21(22,23)24)20(29)26-12-14-7-5-6-8-25-14/h5-11H,4,12H2,1-3H3,(H,26,29). The number of hydrogen-bond donors (Lipinski definition) is 1. The van der Waals surface area contributed by atoms with E-state index in [9.17, 15) is 18.0 Å². The van der Waals surface area contributed by atoms with Crippen molar-refractivity contribution >= 4 is 22.5 Å². The van der Waals surface area contributed by atoms with Gasteiger partial charge in [0.1, 0.15) is 5.69 Å². The Morgan fingerprint density at radius 3 is 2.59 bits per heavy atom. The molecule has 1 amide bonds. The van der Waals surface area contributed by atoms with Crippen LogP contribution in [-0.4, -0.2) is 29.5 Å². The van der Waals surface area contributed by atoms with E-state index < -0.39 is 17.6 Å². The van der Waals surface area contributed by atoms with Crippen LogP contribution in [0.15, 0.2) is 42.6 Å². The molecule has 0 fully saturated rings. The molecule has 1 N–H and O–H groups in total. The topological polar surface area (TPSA) is 58.1 Å². The van der Waals surface area contributed by atoms with Crippen LogP contribution in [0.1, 0.15) is 34.2 Å². The molecule has 0 spiro atoms. The van der Waals surface area contributed by atoms with E-state index in [1.165, 1.54) is 6.07 Å². The van der Waals surface area contributed by atoms with E-state index in [4.69, 9.17) is 0 Å². The molecule has 0 aliphatic carbocycles. The molecular formula is C21H21F3N4O. The van der Waals surface area contributed by atoms with Gasteiger partial charge in [0.25, 0.3) is 5.91 Å². The van der Waals surface area contributed by atoms with Gasteiger partial charge in [-0.3, -0.25) is 9.78 Å². The van der Waals surface area contributed by atoms with E-state index >= 15 is 0 Å². The Hall–Kier alpha value is -3.16. The number of nitrogens with one attached hydrogen (secondary N) is 1. The van der Waals surface area contributed by atoms with Crippen molar-refractivity contribution in [2.75, 3.05) is 18.5 Å². The van der Waals surface area contributed by atoms with Crippen LogP contribution in [0.5, 0.6) is 0 Å². The molecule has 0 radical (unpaired) electrons. The van der Waals surface area contributed by atoms with Gasteiger partial charge >= 0.3 is 6.18 Å². The van der Waals surface area contributed by atoms with Crippen molar-refractivity contribution < 1.29 is 18.0 Å². The summed E-state index contributed by atoms with van der Waals surface area (Å²) in [5.74, 6) is -0.552. The summed E-state index contributed by atoms with van der Waals surface area (Å²) >= 11 is 0. The summed E-state index contributed by atoms with van der Waals surface area (Å²) in [5, 5.41) is 3.02. The molecule has 0 saturated heterocycles. The Balaban J connectivity index is 2.03. The molecule has 2 aromatic heterocycles. The lowest BCUT2D eigenvalue weighted by Crippen LogP contribution is -2.24. The smallest absolute Gasteiger partial charge is 0.375 e. The predicted molar refractivity (Wildman–Crippen MR) is 106 cm³/mol. The van der Waals surface area contributed by atoms with Gasteiger partial charge in [0.15, 0.2) is 0 Å². The number of benzene rings is 1. The Kier molecular flexibility index (Phi) is 5.72. The average Bonchev–Trinajstić information content (AvgIpc) is 2.70. The van der Waals surface area contributed by atoms with Crippen molar-refractivity contribution in [3.63, 3.8) is 0 Å². The maximum atomic E-state index is 13.7. The molecule has 0 aliphatic rings. The SMILES string of the molecule is CCN(C)c1cc(C(F)(F)F)c2nc(C(=O)NCc3ccccn3)cc(C)c2c1. The minimum absolute atomic E-state index is 0.0620. The van der Waals surface area contributed by atoms with Crippen molar-refractivity contribution in [1.82, 2.24) is 15.3 Å². The Morgan fingerprint density at radius 1 is 1.21 bits per heavy atom. The summed E-state index contributed by atoms with van der Waals surface area (Å²) in [6.07, 6.45) is -2.99. The van der Waals surface area contributed by atoms with E-state index in [0.29, 0.717) is 28.9 Å². The highest BCUT2D eigenvalue weighted by atomic mass is 19.4. The summed E-state index contributed by atoms with van der Waals surface area (Å²) in [4.78, 5) is 22.4. The number of pyridine rings is 2. The van der Waals surface area contributed by atoms with E-state index in [-0.39, 0.29) is 17.8 Å². The third kappa shape index (κ3) is 4.47. The van der Waals surface area contributed by atoms with E-state index in [1.54, 1.807) is 49.3 Å². The molecule has 0 aliphatic heterocycles. The fraction of sp³-hybridized carbons (Fsp3) is 0.286. The summed E-state index contributed by atoms with van der Waals surface area (Å²) in [6, 6.07) is 9.54. The predicted octanol–water partition coefficient (Wildman–Crippen LogP) is 4.34. The summed E-state index contributed by atoms with van der Waals surface area (Å²) in [5.41, 5.74) is 0.496. The lowest BCUT2D eigenvalue weighted by Gasteiger charge is -2.21. The number of halogens is 3. The van der Waals surface area contributed by atoms with Gasteiger partial charge < -0.3 is 10.2 Å². The highest BCUT2D eigenvalue weighted by molar-refractivity contribution is 5.97. The first-order chi connectivity index (χ1) is 13.7. The monoisotopic (exact) mass is 402 g/mol. The lowest BCUT2D eigenvalue weighted by atomic mass is 10.0. The minimum Gasteiger partial charge on any atom is -0.375 e. The quantitative estimate of drug-likeness (QED) is 0.690. The number of rotatable bonds is 5. The van der Waals surface area contributed by atoms with Crippen molar-refractivity contribution in [3.05, 3.63) is 65.1 Å². The number of fused-ring (bicyclic) bond motifs is 1. The van der Waals surface area contributed by atoms with Crippen LogP contribution in [-0.2, 0) is 12.7 Å². The van der Waals surface area contributed by atoms with Crippen LogP contribution in [0.2, 0.25) is 0 Å². The molecule has 0 atom stereocenters. The summed E-state index contributed by atoms with van der Waals surface area (Å²) < 4.78 is 41.2. The fourth-order valence-corrected chi connectivity index (χ4v) is 2.98. The van der Waals surface area contributed by atoms with E-state index in [0.717, 1.165) is 6.07 Å². The number of alkyl halides is 3. The zero-order chi connectivity index (χ0) is 21.2. The number of amides is 1. The zero-order valence-electron chi connectivity index (χ0n) is 16.3. The normalized spacial score (nSPS) is 11.5.